The second-order valence-corrected chi connectivity index (χ2v) is 8.62. The van der Waals surface area contributed by atoms with Gasteiger partial charge in [-0.05, 0) is 50.5 Å². The van der Waals surface area contributed by atoms with Crippen LogP contribution < -0.4 is 15.4 Å². The molecular formula is C26H42N2O6. The molecule has 1 atom stereocenters. The van der Waals surface area contributed by atoms with Crippen LogP contribution >= 0.6 is 0 Å². The Labute approximate surface area is 204 Å². The van der Waals surface area contributed by atoms with Gasteiger partial charge in [-0.25, -0.2) is 4.79 Å². The van der Waals surface area contributed by atoms with Crippen molar-refractivity contribution in [3.05, 3.63) is 24.3 Å². The molecule has 0 aromatic heterocycles. The van der Waals surface area contributed by atoms with E-state index in [9.17, 15) is 14.4 Å². The number of carbonyl (C=O) groups excluding carboxylic acids is 3. The van der Waals surface area contributed by atoms with E-state index in [4.69, 9.17) is 9.47 Å². The lowest BCUT2D eigenvalue weighted by Gasteiger charge is -2.29. The van der Waals surface area contributed by atoms with Crippen LogP contribution in [0.3, 0.4) is 0 Å². The van der Waals surface area contributed by atoms with Crippen molar-refractivity contribution in [3.8, 4) is 5.75 Å². The molecule has 1 rings (SSSR count). The van der Waals surface area contributed by atoms with Crippen LogP contribution in [-0.2, 0) is 19.1 Å². The van der Waals surface area contributed by atoms with E-state index in [0.717, 1.165) is 31.4 Å². The number of nitrogens with one attached hydrogen (secondary N) is 2. The molecule has 8 heteroatoms. The SMILES string of the molecule is CCCCCCCCOc1ccc(NC(=O)[C@](C)(CCC(=O)OC)NC(=O)OCCCC)cc1. The molecule has 1 aromatic carbocycles. The number of anilines is 1. The predicted octanol–water partition coefficient (Wildman–Crippen LogP) is 5.60. The van der Waals surface area contributed by atoms with E-state index < -0.39 is 23.5 Å². The molecule has 0 saturated carbocycles. The first-order valence-electron chi connectivity index (χ1n) is 12.4. The first-order valence-corrected chi connectivity index (χ1v) is 12.4. The molecule has 2 N–H and O–H groups in total. The van der Waals surface area contributed by atoms with Gasteiger partial charge in [-0.3, -0.25) is 9.59 Å². The van der Waals surface area contributed by atoms with Crippen LogP contribution in [-0.4, -0.2) is 43.8 Å². The summed E-state index contributed by atoms with van der Waals surface area (Å²) in [6.45, 7) is 6.67. The van der Waals surface area contributed by atoms with Crippen molar-refractivity contribution in [2.45, 2.75) is 90.5 Å². The molecule has 0 saturated heterocycles. The zero-order valence-corrected chi connectivity index (χ0v) is 21.2. The number of rotatable bonds is 17. The van der Waals surface area contributed by atoms with Gasteiger partial charge in [-0.1, -0.05) is 52.4 Å². The number of ether oxygens (including phenoxy) is 3. The lowest BCUT2D eigenvalue weighted by atomic mass is 9.94. The maximum Gasteiger partial charge on any atom is 0.407 e. The number of hydrogen-bond acceptors (Lipinski definition) is 6. The Morgan fingerprint density at radius 3 is 2.18 bits per heavy atom. The van der Waals surface area contributed by atoms with Gasteiger partial charge in [0.2, 0.25) is 5.91 Å². The Kier molecular flexibility index (Phi) is 14.4. The number of methoxy groups -OCH3 is 1. The number of esters is 1. The quantitative estimate of drug-likeness (QED) is 0.223. The summed E-state index contributed by atoms with van der Waals surface area (Å²) in [6, 6.07) is 7.08. The third-order valence-electron chi connectivity index (χ3n) is 5.55. The van der Waals surface area contributed by atoms with Crippen molar-refractivity contribution >= 4 is 23.7 Å². The molecule has 2 amide bonds. The summed E-state index contributed by atoms with van der Waals surface area (Å²) >= 11 is 0. The highest BCUT2D eigenvalue weighted by atomic mass is 16.5. The van der Waals surface area contributed by atoms with Crippen LogP contribution in [0.5, 0.6) is 5.75 Å². The van der Waals surface area contributed by atoms with Crippen molar-refractivity contribution in [3.63, 3.8) is 0 Å². The lowest BCUT2D eigenvalue weighted by Crippen LogP contribution is -2.55. The summed E-state index contributed by atoms with van der Waals surface area (Å²) in [4.78, 5) is 36.9. The molecule has 192 valence electrons. The third kappa shape index (κ3) is 11.9. The maximum atomic E-state index is 13.0. The number of benzene rings is 1. The van der Waals surface area contributed by atoms with E-state index in [2.05, 4.69) is 22.3 Å². The minimum absolute atomic E-state index is 0.0269. The van der Waals surface area contributed by atoms with Crippen LogP contribution in [0.2, 0.25) is 0 Å². The Morgan fingerprint density at radius 2 is 1.53 bits per heavy atom. The second-order valence-electron chi connectivity index (χ2n) is 8.62. The number of hydrogen-bond donors (Lipinski definition) is 2. The van der Waals surface area contributed by atoms with Crippen LogP contribution in [0, 0.1) is 0 Å². The lowest BCUT2D eigenvalue weighted by molar-refractivity contribution is -0.141. The van der Waals surface area contributed by atoms with Crippen molar-refractivity contribution < 1.29 is 28.6 Å². The number of carbonyl (C=O) groups is 3. The van der Waals surface area contributed by atoms with E-state index >= 15 is 0 Å². The van der Waals surface area contributed by atoms with Crippen LogP contribution in [0.4, 0.5) is 10.5 Å². The van der Waals surface area contributed by atoms with Gasteiger partial charge >= 0.3 is 12.1 Å². The van der Waals surface area contributed by atoms with E-state index in [-0.39, 0.29) is 19.4 Å². The van der Waals surface area contributed by atoms with Gasteiger partial charge < -0.3 is 24.8 Å². The molecular weight excluding hydrogens is 436 g/mol. The summed E-state index contributed by atoms with van der Waals surface area (Å²) in [5.74, 6) is -0.186. The van der Waals surface area contributed by atoms with E-state index in [1.165, 1.54) is 32.8 Å². The van der Waals surface area contributed by atoms with Crippen LogP contribution in [0.15, 0.2) is 24.3 Å². The zero-order valence-electron chi connectivity index (χ0n) is 21.2. The standard InChI is InChI=1S/C26H42N2O6/c1-5-7-9-10-11-12-20-33-22-15-13-21(14-16-22)27-24(30)26(3,18-17-23(29)32-4)28-25(31)34-19-8-6-2/h13-16H,5-12,17-20H2,1-4H3,(H,27,30)(H,28,31)/t26-/m0/s1. The smallest absolute Gasteiger partial charge is 0.407 e. The molecule has 0 aliphatic carbocycles. The molecule has 0 unspecified atom stereocenters. The van der Waals surface area contributed by atoms with E-state index in [1.807, 2.05) is 6.92 Å². The van der Waals surface area contributed by atoms with Gasteiger partial charge in [0.25, 0.3) is 0 Å². The van der Waals surface area contributed by atoms with Crippen molar-refractivity contribution in [2.24, 2.45) is 0 Å². The van der Waals surface area contributed by atoms with Gasteiger partial charge in [-0.15, -0.1) is 0 Å². The Balaban J connectivity index is 2.64. The normalized spacial score (nSPS) is 12.4. The molecule has 0 heterocycles. The van der Waals surface area contributed by atoms with Crippen molar-refractivity contribution in [1.82, 2.24) is 5.32 Å². The highest BCUT2D eigenvalue weighted by molar-refractivity contribution is 6.00. The summed E-state index contributed by atoms with van der Waals surface area (Å²) in [5, 5.41) is 5.41. The number of unbranched alkanes of at least 4 members (excludes halogenated alkanes) is 6. The Hall–Kier alpha value is -2.77. The first kappa shape index (κ1) is 29.3. The van der Waals surface area contributed by atoms with Crippen LogP contribution in [0.25, 0.3) is 0 Å². The van der Waals surface area contributed by atoms with Gasteiger partial charge in [-0.2, -0.15) is 0 Å². The average Bonchev–Trinajstić information content (AvgIpc) is 2.83. The molecule has 0 aliphatic rings. The minimum atomic E-state index is -1.36. The largest absolute Gasteiger partial charge is 0.494 e. The van der Waals surface area contributed by atoms with Crippen LogP contribution in [0.1, 0.15) is 85.0 Å². The fourth-order valence-corrected chi connectivity index (χ4v) is 3.23. The number of alkyl carbamates (subject to hydrolysis) is 1. The zero-order chi connectivity index (χ0) is 25.2. The summed E-state index contributed by atoms with van der Waals surface area (Å²) < 4.78 is 15.6. The Morgan fingerprint density at radius 1 is 0.882 bits per heavy atom. The monoisotopic (exact) mass is 478 g/mol. The van der Waals surface area contributed by atoms with Gasteiger partial charge in [0, 0.05) is 12.1 Å². The van der Waals surface area contributed by atoms with Gasteiger partial charge in [0.1, 0.15) is 11.3 Å². The van der Waals surface area contributed by atoms with Crippen molar-refractivity contribution in [2.75, 3.05) is 25.6 Å². The predicted molar refractivity (Wildman–Crippen MR) is 133 cm³/mol. The molecule has 0 radical (unpaired) electrons. The fraction of sp³-hybridized carbons (Fsp3) is 0.654. The topological polar surface area (TPSA) is 103 Å². The molecule has 0 aliphatic heterocycles. The van der Waals surface area contributed by atoms with Gasteiger partial charge in [0.05, 0.1) is 20.3 Å². The number of amides is 2. The molecule has 0 bridgehead atoms. The van der Waals surface area contributed by atoms with Gasteiger partial charge in [0.15, 0.2) is 0 Å². The second kappa shape index (κ2) is 16.8. The third-order valence-corrected chi connectivity index (χ3v) is 5.55. The summed E-state index contributed by atoms with van der Waals surface area (Å²) in [6.07, 6.45) is 8.15. The molecule has 1 aromatic rings. The minimum Gasteiger partial charge on any atom is -0.494 e. The fourth-order valence-electron chi connectivity index (χ4n) is 3.23. The maximum absolute atomic E-state index is 13.0. The summed E-state index contributed by atoms with van der Waals surface area (Å²) in [5.41, 5.74) is -0.799. The first-order chi connectivity index (χ1) is 16.3. The van der Waals surface area contributed by atoms with E-state index in [0.29, 0.717) is 12.3 Å². The average molecular weight is 479 g/mol. The molecule has 8 nitrogen and oxygen atoms in total. The highest BCUT2D eigenvalue weighted by Crippen LogP contribution is 2.20. The van der Waals surface area contributed by atoms with Crippen molar-refractivity contribution in [1.29, 1.82) is 0 Å². The molecule has 0 spiro atoms. The summed E-state index contributed by atoms with van der Waals surface area (Å²) in [7, 11) is 1.28. The molecule has 34 heavy (non-hydrogen) atoms. The molecule has 0 fully saturated rings. The highest BCUT2D eigenvalue weighted by Gasteiger charge is 2.36. The van der Waals surface area contributed by atoms with E-state index in [1.54, 1.807) is 31.2 Å². The Bertz CT molecular complexity index is 737.